The first-order valence-electron chi connectivity index (χ1n) is 8.09. The van der Waals surface area contributed by atoms with Gasteiger partial charge in [0, 0.05) is 18.6 Å². The van der Waals surface area contributed by atoms with Crippen LogP contribution in [0.5, 0.6) is 0 Å². The zero-order valence-electron chi connectivity index (χ0n) is 13.7. The lowest BCUT2D eigenvalue weighted by Crippen LogP contribution is -2.49. The number of nitrogens with zero attached hydrogens (tertiary/aromatic N) is 1. The van der Waals surface area contributed by atoms with E-state index in [1.807, 2.05) is 0 Å². The Morgan fingerprint density at radius 1 is 1.05 bits per heavy atom. The van der Waals surface area contributed by atoms with Crippen LogP contribution < -0.4 is 0 Å². The van der Waals surface area contributed by atoms with Crippen LogP contribution in [0.1, 0.15) is 53.0 Å². The van der Waals surface area contributed by atoms with Crippen LogP contribution in [0.15, 0.2) is 41.5 Å². The standard InChI is InChI=1S/C19H29N/c1-6-18-15(4)14(3)16(5)20(19(18)7-2)13-17-11-9-8-10-12-17/h8-12,14,16,19H,6-7,13H2,1-5H3/t14-,16-,19+/m1/s1. The van der Waals surface area contributed by atoms with E-state index in [0.717, 1.165) is 6.54 Å². The van der Waals surface area contributed by atoms with Crippen LogP contribution in [-0.2, 0) is 6.54 Å². The van der Waals surface area contributed by atoms with Crippen LogP contribution in [0.4, 0.5) is 0 Å². The molecule has 2 rings (SSSR count). The second-order valence-electron chi connectivity index (χ2n) is 6.17. The van der Waals surface area contributed by atoms with Gasteiger partial charge < -0.3 is 0 Å². The van der Waals surface area contributed by atoms with Gasteiger partial charge in [0.15, 0.2) is 0 Å². The van der Waals surface area contributed by atoms with E-state index in [2.05, 4.69) is 69.9 Å². The second-order valence-corrected chi connectivity index (χ2v) is 6.17. The summed E-state index contributed by atoms with van der Waals surface area (Å²) in [6.45, 7) is 12.8. The molecule has 0 unspecified atom stereocenters. The van der Waals surface area contributed by atoms with E-state index in [4.69, 9.17) is 0 Å². The summed E-state index contributed by atoms with van der Waals surface area (Å²) in [6, 6.07) is 12.1. The molecule has 0 N–H and O–H groups in total. The Bertz CT molecular complexity index is 460. The Morgan fingerprint density at radius 2 is 1.70 bits per heavy atom. The first kappa shape index (κ1) is 15.3. The summed E-state index contributed by atoms with van der Waals surface area (Å²) >= 11 is 0. The third-order valence-electron chi connectivity index (χ3n) is 5.21. The average Bonchev–Trinajstić information content (AvgIpc) is 2.48. The fraction of sp³-hybridized carbons (Fsp3) is 0.579. The molecule has 0 saturated heterocycles. The number of benzene rings is 1. The Kier molecular flexibility index (Phi) is 5.04. The maximum absolute atomic E-state index is 2.71. The SMILES string of the molecule is CCC1=C(C)[C@@H](C)[C@@H](C)N(Cc2ccccc2)[C@H]1CC. The predicted octanol–water partition coefficient (Wildman–Crippen LogP) is 5.03. The van der Waals surface area contributed by atoms with Gasteiger partial charge in [-0.25, -0.2) is 0 Å². The van der Waals surface area contributed by atoms with Gasteiger partial charge in [0.2, 0.25) is 0 Å². The topological polar surface area (TPSA) is 3.24 Å². The minimum Gasteiger partial charge on any atom is -0.289 e. The van der Waals surface area contributed by atoms with Crippen molar-refractivity contribution in [3.63, 3.8) is 0 Å². The van der Waals surface area contributed by atoms with E-state index in [1.54, 1.807) is 11.1 Å². The van der Waals surface area contributed by atoms with Gasteiger partial charge >= 0.3 is 0 Å². The van der Waals surface area contributed by atoms with Crippen molar-refractivity contribution in [1.29, 1.82) is 0 Å². The number of hydrogen-bond donors (Lipinski definition) is 0. The molecule has 20 heavy (non-hydrogen) atoms. The van der Waals surface area contributed by atoms with E-state index < -0.39 is 0 Å². The summed E-state index contributed by atoms with van der Waals surface area (Å²) in [4.78, 5) is 2.71. The molecule has 0 radical (unpaired) electrons. The summed E-state index contributed by atoms with van der Waals surface area (Å²) in [7, 11) is 0. The number of rotatable bonds is 4. The lowest BCUT2D eigenvalue weighted by Gasteiger charge is -2.46. The molecular weight excluding hydrogens is 242 g/mol. The second kappa shape index (κ2) is 6.58. The summed E-state index contributed by atoms with van der Waals surface area (Å²) in [5.41, 5.74) is 4.74. The minimum atomic E-state index is 0.617. The average molecular weight is 271 g/mol. The zero-order valence-corrected chi connectivity index (χ0v) is 13.7. The fourth-order valence-corrected chi connectivity index (χ4v) is 3.73. The summed E-state index contributed by atoms with van der Waals surface area (Å²) in [5.74, 6) is 0.663. The Labute approximate surface area is 124 Å². The van der Waals surface area contributed by atoms with Gasteiger partial charge in [-0.15, -0.1) is 0 Å². The highest BCUT2D eigenvalue weighted by atomic mass is 15.2. The first-order chi connectivity index (χ1) is 9.60. The molecule has 0 fully saturated rings. The molecule has 0 spiro atoms. The van der Waals surface area contributed by atoms with Gasteiger partial charge in [-0.1, -0.05) is 62.2 Å². The highest BCUT2D eigenvalue weighted by Crippen LogP contribution is 2.36. The highest BCUT2D eigenvalue weighted by Gasteiger charge is 2.34. The zero-order chi connectivity index (χ0) is 14.7. The highest BCUT2D eigenvalue weighted by molar-refractivity contribution is 5.26. The molecule has 1 aromatic rings. The van der Waals surface area contributed by atoms with Crippen molar-refractivity contribution in [3.05, 3.63) is 47.0 Å². The Morgan fingerprint density at radius 3 is 2.25 bits per heavy atom. The molecule has 1 aliphatic rings. The van der Waals surface area contributed by atoms with E-state index in [9.17, 15) is 0 Å². The van der Waals surface area contributed by atoms with Crippen molar-refractivity contribution in [2.75, 3.05) is 0 Å². The molecule has 3 atom stereocenters. The van der Waals surface area contributed by atoms with Gasteiger partial charge in [0.25, 0.3) is 0 Å². The van der Waals surface area contributed by atoms with Gasteiger partial charge in [-0.3, -0.25) is 4.90 Å². The largest absolute Gasteiger partial charge is 0.289 e. The maximum Gasteiger partial charge on any atom is 0.0314 e. The maximum atomic E-state index is 2.71. The minimum absolute atomic E-state index is 0.617. The molecule has 1 heteroatoms. The van der Waals surface area contributed by atoms with Crippen LogP contribution in [0.3, 0.4) is 0 Å². The van der Waals surface area contributed by atoms with Crippen molar-refractivity contribution < 1.29 is 0 Å². The fourth-order valence-electron chi connectivity index (χ4n) is 3.73. The molecule has 0 aromatic heterocycles. The van der Waals surface area contributed by atoms with Gasteiger partial charge in [-0.05, 0) is 38.2 Å². The molecule has 0 aliphatic carbocycles. The molecule has 1 heterocycles. The van der Waals surface area contributed by atoms with Crippen LogP contribution in [-0.4, -0.2) is 17.0 Å². The molecular formula is C19H29N. The van der Waals surface area contributed by atoms with E-state index in [1.165, 1.54) is 18.4 Å². The van der Waals surface area contributed by atoms with Gasteiger partial charge in [-0.2, -0.15) is 0 Å². The molecule has 0 amide bonds. The molecule has 110 valence electrons. The van der Waals surface area contributed by atoms with Crippen LogP contribution in [0, 0.1) is 5.92 Å². The third-order valence-corrected chi connectivity index (χ3v) is 5.21. The molecule has 0 saturated carbocycles. The molecule has 1 aliphatic heterocycles. The van der Waals surface area contributed by atoms with Crippen LogP contribution in [0.2, 0.25) is 0 Å². The molecule has 0 bridgehead atoms. The quantitative estimate of drug-likeness (QED) is 0.694. The van der Waals surface area contributed by atoms with Crippen molar-refractivity contribution in [2.24, 2.45) is 5.92 Å². The predicted molar refractivity (Wildman–Crippen MR) is 87.7 cm³/mol. The van der Waals surface area contributed by atoms with E-state index >= 15 is 0 Å². The van der Waals surface area contributed by atoms with Crippen molar-refractivity contribution >= 4 is 0 Å². The van der Waals surface area contributed by atoms with Crippen LogP contribution >= 0.6 is 0 Å². The van der Waals surface area contributed by atoms with E-state index in [-0.39, 0.29) is 0 Å². The third kappa shape index (κ3) is 2.83. The monoisotopic (exact) mass is 271 g/mol. The molecule has 1 nitrogen and oxygen atoms in total. The van der Waals surface area contributed by atoms with E-state index in [0.29, 0.717) is 18.0 Å². The smallest absolute Gasteiger partial charge is 0.0314 e. The van der Waals surface area contributed by atoms with Crippen LogP contribution in [0.25, 0.3) is 0 Å². The Hall–Kier alpha value is -1.08. The van der Waals surface area contributed by atoms with Gasteiger partial charge in [0.1, 0.15) is 0 Å². The van der Waals surface area contributed by atoms with Crippen molar-refractivity contribution in [2.45, 2.75) is 66.1 Å². The number of hydrogen-bond acceptors (Lipinski definition) is 1. The van der Waals surface area contributed by atoms with Crippen molar-refractivity contribution in [1.82, 2.24) is 4.90 Å². The molecule has 1 aromatic carbocycles. The summed E-state index contributed by atoms with van der Waals surface area (Å²) < 4.78 is 0. The van der Waals surface area contributed by atoms with Gasteiger partial charge in [0.05, 0.1) is 0 Å². The lowest BCUT2D eigenvalue weighted by molar-refractivity contribution is 0.104. The summed E-state index contributed by atoms with van der Waals surface area (Å²) in [6.07, 6.45) is 2.40. The van der Waals surface area contributed by atoms with Crippen molar-refractivity contribution in [3.8, 4) is 0 Å². The Balaban J connectivity index is 2.31. The first-order valence-corrected chi connectivity index (χ1v) is 8.09. The summed E-state index contributed by atoms with van der Waals surface area (Å²) in [5, 5.41) is 0. The lowest BCUT2D eigenvalue weighted by atomic mass is 9.80. The normalized spacial score (nSPS) is 27.9.